The lowest BCUT2D eigenvalue weighted by Gasteiger charge is -2.27. The van der Waals surface area contributed by atoms with Gasteiger partial charge < -0.3 is 0 Å². The highest BCUT2D eigenvalue weighted by molar-refractivity contribution is 7.13. The first-order valence-electron chi connectivity index (χ1n) is 6.41. The van der Waals surface area contributed by atoms with E-state index < -0.39 is 0 Å². The first-order chi connectivity index (χ1) is 8.13. The molecule has 2 atom stereocenters. The second kappa shape index (κ2) is 5.53. The number of aryl methyl sites for hydroxylation is 1. The lowest BCUT2D eigenvalue weighted by atomic mass is 9.78. The van der Waals surface area contributed by atoms with E-state index in [2.05, 4.69) is 6.92 Å². The second-order valence-electron chi connectivity index (χ2n) is 5.06. The number of thiophene rings is 1. The van der Waals surface area contributed by atoms with Crippen LogP contribution in [-0.4, -0.2) is 5.78 Å². The van der Waals surface area contributed by atoms with E-state index in [-0.39, 0.29) is 11.7 Å². The van der Waals surface area contributed by atoms with Gasteiger partial charge in [-0.05, 0) is 36.6 Å². The molecule has 0 spiro atoms. The molecule has 1 heterocycles. The van der Waals surface area contributed by atoms with Crippen molar-refractivity contribution in [3.8, 4) is 0 Å². The Kier molecular flexibility index (Phi) is 4.26. The summed E-state index contributed by atoms with van der Waals surface area (Å²) in [5, 5.41) is 2.66. The molecular weight excluding hydrogens is 252 g/mol. The molecule has 1 nitrogen and oxygen atoms in total. The van der Waals surface area contributed by atoms with Crippen LogP contribution in [0.2, 0.25) is 5.02 Å². The first-order valence-corrected chi connectivity index (χ1v) is 7.67. The smallest absolute Gasteiger partial charge is 0.177 e. The van der Waals surface area contributed by atoms with Crippen LogP contribution in [0.1, 0.15) is 54.3 Å². The molecule has 1 aromatic heterocycles. The van der Waals surface area contributed by atoms with Gasteiger partial charge in [-0.1, -0.05) is 37.8 Å². The number of halogens is 1. The molecule has 2 unspecified atom stereocenters. The number of rotatable bonds is 3. The van der Waals surface area contributed by atoms with Crippen LogP contribution in [0.3, 0.4) is 0 Å². The number of Topliss-reactive ketones (excluding diaryl/α,β-unsaturated/α-hetero) is 1. The van der Waals surface area contributed by atoms with Crippen LogP contribution >= 0.6 is 22.9 Å². The molecule has 1 aliphatic carbocycles. The largest absolute Gasteiger partial charge is 0.293 e. The third kappa shape index (κ3) is 2.74. The molecule has 1 fully saturated rings. The highest BCUT2D eigenvalue weighted by atomic mass is 35.5. The van der Waals surface area contributed by atoms with Crippen LogP contribution in [0.25, 0.3) is 0 Å². The topological polar surface area (TPSA) is 17.1 Å². The summed E-state index contributed by atoms with van der Waals surface area (Å²) in [5.41, 5.74) is 1.03. The summed E-state index contributed by atoms with van der Waals surface area (Å²) in [5.74, 6) is 1.23. The van der Waals surface area contributed by atoms with Crippen molar-refractivity contribution in [2.45, 2.75) is 46.0 Å². The number of carbonyl (C=O) groups excluding carboxylic acids is 1. The Morgan fingerprint density at radius 1 is 1.53 bits per heavy atom. The van der Waals surface area contributed by atoms with Gasteiger partial charge in [0.25, 0.3) is 0 Å². The third-order valence-corrected chi connectivity index (χ3v) is 5.57. The average Bonchev–Trinajstić information content (AvgIpc) is 2.69. The van der Waals surface area contributed by atoms with E-state index in [9.17, 15) is 4.79 Å². The fraction of sp³-hybridized carbons (Fsp3) is 0.643. The molecule has 0 aliphatic heterocycles. The minimum atomic E-state index is 0.212. The summed E-state index contributed by atoms with van der Waals surface area (Å²) in [6.07, 6.45) is 5.78. The molecule has 94 valence electrons. The van der Waals surface area contributed by atoms with Crippen LogP contribution in [0.4, 0.5) is 0 Å². The van der Waals surface area contributed by atoms with Crippen molar-refractivity contribution in [2.24, 2.45) is 11.8 Å². The van der Waals surface area contributed by atoms with E-state index in [1.54, 1.807) is 0 Å². The number of hydrogen-bond acceptors (Lipinski definition) is 2. The SMILES string of the molecule is CCC1CCCC(C(=O)c2scc(C)c2Cl)C1. The Hall–Kier alpha value is -0.340. The molecule has 0 aromatic carbocycles. The van der Waals surface area contributed by atoms with Crippen molar-refractivity contribution in [2.75, 3.05) is 0 Å². The standard InChI is InChI=1S/C14H19ClOS/c1-3-10-5-4-6-11(7-10)13(16)14-12(15)9(2)8-17-14/h8,10-11H,3-7H2,1-2H3. The van der Waals surface area contributed by atoms with Gasteiger partial charge in [0, 0.05) is 5.92 Å². The summed E-state index contributed by atoms with van der Waals surface area (Å²) >= 11 is 7.69. The number of ketones is 1. The number of carbonyl (C=O) groups is 1. The molecule has 0 N–H and O–H groups in total. The van der Waals surface area contributed by atoms with E-state index in [0.29, 0.717) is 5.02 Å². The summed E-state index contributed by atoms with van der Waals surface area (Å²) < 4.78 is 0. The minimum Gasteiger partial charge on any atom is -0.293 e. The highest BCUT2D eigenvalue weighted by Crippen LogP contribution is 2.36. The summed E-state index contributed by atoms with van der Waals surface area (Å²) in [7, 11) is 0. The molecule has 17 heavy (non-hydrogen) atoms. The van der Waals surface area contributed by atoms with E-state index >= 15 is 0 Å². The Balaban J connectivity index is 2.12. The van der Waals surface area contributed by atoms with Gasteiger partial charge in [0.2, 0.25) is 0 Å². The van der Waals surface area contributed by atoms with Crippen LogP contribution < -0.4 is 0 Å². The molecule has 3 heteroatoms. The number of hydrogen-bond donors (Lipinski definition) is 0. The molecule has 0 amide bonds. The molecule has 0 saturated heterocycles. The quantitative estimate of drug-likeness (QED) is 0.698. The fourth-order valence-electron chi connectivity index (χ4n) is 2.68. The molecular formula is C14H19ClOS. The second-order valence-corrected chi connectivity index (χ2v) is 6.32. The first kappa shape index (κ1) is 13.1. The zero-order chi connectivity index (χ0) is 12.4. The van der Waals surface area contributed by atoms with Gasteiger partial charge in [0.1, 0.15) is 0 Å². The maximum absolute atomic E-state index is 12.4. The van der Waals surface area contributed by atoms with Crippen LogP contribution in [0, 0.1) is 18.8 Å². The molecule has 2 rings (SSSR count). The van der Waals surface area contributed by atoms with Gasteiger partial charge >= 0.3 is 0 Å². The molecule has 1 aliphatic rings. The third-order valence-electron chi connectivity index (χ3n) is 3.85. The van der Waals surface area contributed by atoms with Gasteiger partial charge in [0.05, 0.1) is 9.90 Å². The van der Waals surface area contributed by atoms with E-state index in [0.717, 1.165) is 29.2 Å². The zero-order valence-electron chi connectivity index (χ0n) is 10.5. The Morgan fingerprint density at radius 2 is 2.29 bits per heavy atom. The predicted octanol–water partition coefficient (Wildman–Crippen LogP) is 5.11. The van der Waals surface area contributed by atoms with E-state index in [1.807, 2.05) is 12.3 Å². The molecule has 0 radical (unpaired) electrons. The summed E-state index contributed by atoms with van der Waals surface area (Å²) in [4.78, 5) is 13.2. The average molecular weight is 271 g/mol. The summed E-state index contributed by atoms with van der Waals surface area (Å²) in [6.45, 7) is 4.19. The fourth-order valence-corrected chi connectivity index (χ4v) is 3.99. The van der Waals surface area contributed by atoms with Crippen molar-refractivity contribution in [3.05, 3.63) is 20.8 Å². The van der Waals surface area contributed by atoms with Gasteiger partial charge in [-0.25, -0.2) is 0 Å². The van der Waals surface area contributed by atoms with Crippen LogP contribution in [-0.2, 0) is 0 Å². The van der Waals surface area contributed by atoms with Gasteiger partial charge in [-0.15, -0.1) is 11.3 Å². The van der Waals surface area contributed by atoms with Crippen molar-refractivity contribution in [1.29, 1.82) is 0 Å². The summed E-state index contributed by atoms with van der Waals surface area (Å²) in [6, 6.07) is 0. The predicted molar refractivity (Wildman–Crippen MR) is 74.1 cm³/mol. The lowest BCUT2D eigenvalue weighted by Crippen LogP contribution is -2.22. The lowest BCUT2D eigenvalue weighted by molar-refractivity contribution is 0.0866. The highest BCUT2D eigenvalue weighted by Gasteiger charge is 2.29. The molecule has 1 aromatic rings. The molecule has 1 saturated carbocycles. The van der Waals surface area contributed by atoms with Crippen molar-refractivity contribution in [3.63, 3.8) is 0 Å². The Morgan fingerprint density at radius 3 is 2.88 bits per heavy atom. The minimum absolute atomic E-state index is 0.212. The van der Waals surface area contributed by atoms with Crippen molar-refractivity contribution >= 4 is 28.7 Å². The van der Waals surface area contributed by atoms with Crippen molar-refractivity contribution in [1.82, 2.24) is 0 Å². The van der Waals surface area contributed by atoms with Gasteiger partial charge in [-0.3, -0.25) is 4.79 Å². The Labute approximate surface area is 112 Å². The Bertz CT molecular complexity index is 410. The maximum Gasteiger partial charge on any atom is 0.177 e. The van der Waals surface area contributed by atoms with Crippen LogP contribution in [0.15, 0.2) is 5.38 Å². The normalized spacial score (nSPS) is 24.9. The van der Waals surface area contributed by atoms with Crippen molar-refractivity contribution < 1.29 is 4.79 Å². The van der Waals surface area contributed by atoms with E-state index in [1.165, 1.54) is 30.6 Å². The van der Waals surface area contributed by atoms with E-state index in [4.69, 9.17) is 11.6 Å². The molecule has 0 bridgehead atoms. The zero-order valence-corrected chi connectivity index (χ0v) is 12.0. The van der Waals surface area contributed by atoms with Crippen LogP contribution in [0.5, 0.6) is 0 Å². The maximum atomic E-state index is 12.4. The monoisotopic (exact) mass is 270 g/mol. The van der Waals surface area contributed by atoms with Gasteiger partial charge in [-0.2, -0.15) is 0 Å². The van der Waals surface area contributed by atoms with Gasteiger partial charge in [0.15, 0.2) is 5.78 Å².